The normalized spacial score (nSPS) is 14.7. The van der Waals surface area contributed by atoms with Gasteiger partial charge in [0, 0.05) is 42.3 Å². The summed E-state index contributed by atoms with van der Waals surface area (Å²) in [5, 5.41) is 2.65. The number of fused-ring (bicyclic) bond motifs is 9. The zero-order valence-corrected chi connectivity index (χ0v) is 29.6. The van der Waals surface area contributed by atoms with Crippen molar-refractivity contribution in [3.8, 4) is 33.4 Å². The molecule has 0 N–H and O–H groups in total. The highest BCUT2D eigenvalue weighted by atomic mass is 32.1. The third-order valence-corrected chi connectivity index (χ3v) is 12.6. The van der Waals surface area contributed by atoms with Crippen LogP contribution in [0.4, 0.5) is 17.1 Å². The molecule has 2 aliphatic rings. The number of hydrogen-bond acceptors (Lipinski definition) is 2. The number of anilines is 3. The standard InChI is InChI=1S/C48H37NS/c1-47(2)38-21-9-6-16-32(38)37-29-30(27-28-40(37)47)49(42-24-13-20-35-31-15-5-10-22-39(31)48(3,4)46(35)42)41-23-11-7-17-33(41)34-19-14-26-44-45(34)36-18-8-12-25-43(36)50-44/h5-29H,1-4H3. The molecule has 0 unspecified atom stereocenters. The van der Waals surface area contributed by atoms with E-state index >= 15 is 0 Å². The van der Waals surface area contributed by atoms with Gasteiger partial charge in [-0.3, -0.25) is 0 Å². The van der Waals surface area contributed by atoms with Crippen LogP contribution in [0.5, 0.6) is 0 Å². The first kappa shape index (κ1) is 29.5. The molecule has 0 saturated carbocycles. The molecule has 2 heteroatoms. The minimum Gasteiger partial charge on any atom is -0.310 e. The van der Waals surface area contributed by atoms with Crippen LogP contribution in [0, 0.1) is 0 Å². The Morgan fingerprint density at radius 3 is 1.80 bits per heavy atom. The average Bonchev–Trinajstić information content (AvgIpc) is 3.72. The summed E-state index contributed by atoms with van der Waals surface area (Å²) in [4.78, 5) is 2.56. The lowest BCUT2D eigenvalue weighted by Gasteiger charge is -2.34. The van der Waals surface area contributed by atoms with E-state index in [1.807, 2.05) is 11.3 Å². The minimum atomic E-state index is -0.176. The van der Waals surface area contributed by atoms with Crippen molar-refractivity contribution >= 4 is 48.6 Å². The van der Waals surface area contributed by atoms with Gasteiger partial charge in [0.2, 0.25) is 0 Å². The lowest BCUT2D eigenvalue weighted by Crippen LogP contribution is -2.21. The quantitative estimate of drug-likeness (QED) is 0.182. The number of rotatable bonds is 4. The van der Waals surface area contributed by atoms with Crippen LogP contribution in [0.1, 0.15) is 49.9 Å². The monoisotopic (exact) mass is 659 g/mol. The van der Waals surface area contributed by atoms with Gasteiger partial charge in [-0.05, 0) is 86.5 Å². The Bertz CT molecular complexity index is 2670. The van der Waals surface area contributed by atoms with Gasteiger partial charge in [-0.2, -0.15) is 0 Å². The lowest BCUT2D eigenvalue weighted by atomic mass is 9.81. The van der Waals surface area contributed by atoms with Gasteiger partial charge in [0.15, 0.2) is 0 Å². The van der Waals surface area contributed by atoms with Gasteiger partial charge in [-0.25, -0.2) is 0 Å². The van der Waals surface area contributed by atoms with Crippen LogP contribution in [-0.4, -0.2) is 0 Å². The molecule has 10 rings (SSSR count). The number of hydrogen-bond donors (Lipinski definition) is 0. The maximum Gasteiger partial charge on any atom is 0.0540 e. The molecule has 2 aliphatic carbocycles. The van der Waals surface area contributed by atoms with Crippen molar-refractivity contribution in [1.82, 2.24) is 0 Å². The van der Waals surface area contributed by atoms with E-state index in [1.165, 1.54) is 92.9 Å². The smallest absolute Gasteiger partial charge is 0.0540 e. The molecule has 7 aromatic carbocycles. The summed E-state index contributed by atoms with van der Waals surface area (Å²) in [6, 6.07) is 56.7. The molecule has 0 atom stereocenters. The van der Waals surface area contributed by atoms with E-state index in [0.717, 1.165) is 0 Å². The van der Waals surface area contributed by atoms with Crippen LogP contribution in [0.15, 0.2) is 152 Å². The van der Waals surface area contributed by atoms with E-state index in [9.17, 15) is 0 Å². The van der Waals surface area contributed by atoms with E-state index in [4.69, 9.17) is 0 Å². The van der Waals surface area contributed by atoms with Crippen LogP contribution < -0.4 is 4.90 Å². The summed E-state index contributed by atoms with van der Waals surface area (Å²) in [6.45, 7) is 9.51. The largest absolute Gasteiger partial charge is 0.310 e. The van der Waals surface area contributed by atoms with Gasteiger partial charge < -0.3 is 4.90 Å². The van der Waals surface area contributed by atoms with Gasteiger partial charge in [0.25, 0.3) is 0 Å². The molecule has 1 aromatic heterocycles. The fraction of sp³-hybridized carbons (Fsp3) is 0.125. The highest BCUT2D eigenvalue weighted by molar-refractivity contribution is 7.25. The van der Waals surface area contributed by atoms with Crippen LogP contribution in [0.3, 0.4) is 0 Å². The van der Waals surface area contributed by atoms with Gasteiger partial charge in [-0.1, -0.05) is 143 Å². The number of para-hydroxylation sites is 1. The SMILES string of the molecule is CC1(C)c2ccccc2-c2cc(N(c3ccccc3-c3cccc4sc5ccccc5c34)c3cccc4c3C(C)(C)c3ccccc3-4)ccc21. The summed E-state index contributed by atoms with van der Waals surface area (Å²) < 4.78 is 2.64. The van der Waals surface area contributed by atoms with Gasteiger partial charge in [0.05, 0.1) is 11.4 Å². The molecule has 0 aliphatic heterocycles. The fourth-order valence-corrected chi connectivity index (χ4v) is 10.3. The number of benzene rings is 7. The second-order valence-corrected chi connectivity index (χ2v) is 16.0. The zero-order valence-electron chi connectivity index (χ0n) is 28.8. The molecule has 0 saturated heterocycles. The summed E-state index contributed by atoms with van der Waals surface area (Å²) in [6.07, 6.45) is 0. The van der Waals surface area contributed by atoms with Gasteiger partial charge in [-0.15, -0.1) is 11.3 Å². The van der Waals surface area contributed by atoms with Crippen molar-refractivity contribution < 1.29 is 0 Å². The average molecular weight is 660 g/mol. The maximum atomic E-state index is 2.56. The molecular weight excluding hydrogens is 623 g/mol. The third kappa shape index (κ3) is 4.00. The molecule has 1 nitrogen and oxygen atoms in total. The second kappa shape index (κ2) is 10.5. The van der Waals surface area contributed by atoms with Crippen molar-refractivity contribution in [3.63, 3.8) is 0 Å². The molecule has 0 radical (unpaired) electrons. The third-order valence-electron chi connectivity index (χ3n) is 11.5. The molecule has 50 heavy (non-hydrogen) atoms. The van der Waals surface area contributed by atoms with E-state index in [0.29, 0.717) is 0 Å². The Kier molecular flexibility index (Phi) is 6.21. The molecule has 1 heterocycles. The Morgan fingerprint density at radius 2 is 0.980 bits per heavy atom. The predicted octanol–water partition coefficient (Wildman–Crippen LogP) is 13.8. The minimum absolute atomic E-state index is 0.0551. The maximum absolute atomic E-state index is 2.56. The summed E-state index contributed by atoms with van der Waals surface area (Å²) in [5.74, 6) is 0. The number of nitrogens with zero attached hydrogens (tertiary/aromatic N) is 1. The molecule has 0 bridgehead atoms. The second-order valence-electron chi connectivity index (χ2n) is 14.9. The fourth-order valence-electron chi connectivity index (χ4n) is 9.16. The van der Waals surface area contributed by atoms with Crippen LogP contribution >= 0.6 is 11.3 Å². The van der Waals surface area contributed by atoms with Crippen LogP contribution in [0.2, 0.25) is 0 Å². The van der Waals surface area contributed by atoms with E-state index in [1.54, 1.807) is 0 Å². The molecule has 0 spiro atoms. The summed E-state index contributed by atoms with van der Waals surface area (Å²) in [7, 11) is 0. The first-order chi connectivity index (χ1) is 24.3. The van der Waals surface area contributed by atoms with Crippen molar-refractivity contribution in [1.29, 1.82) is 0 Å². The highest BCUT2D eigenvalue weighted by Gasteiger charge is 2.40. The molecule has 8 aromatic rings. The number of thiophene rings is 1. The van der Waals surface area contributed by atoms with Crippen molar-refractivity contribution in [2.75, 3.05) is 4.90 Å². The molecule has 0 fully saturated rings. The molecule has 0 amide bonds. The van der Waals surface area contributed by atoms with E-state index in [-0.39, 0.29) is 10.8 Å². The lowest BCUT2D eigenvalue weighted by molar-refractivity contribution is 0.660. The Labute approximate surface area is 298 Å². The Balaban J connectivity index is 1.28. The van der Waals surface area contributed by atoms with Crippen LogP contribution in [0.25, 0.3) is 53.6 Å². The van der Waals surface area contributed by atoms with Crippen molar-refractivity contribution in [2.24, 2.45) is 0 Å². The molecule has 240 valence electrons. The first-order valence-corrected chi connectivity index (χ1v) is 18.4. The highest BCUT2D eigenvalue weighted by Crippen LogP contribution is 2.57. The van der Waals surface area contributed by atoms with E-state index < -0.39 is 0 Å². The first-order valence-electron chi connectivity index (χ1n) is 17.6. The summed E-state index contributed by atoms with van der Waals surface area (Å²) in [5.41, 5.74) is 16.7. The van der Waals surface area contributed by atoms with Crippen LogP contribution in [-0.2, 0) is 10.8 Å². The Hall–Kier alpha value is -5.44. The van der Waals surface area contributed by atoms with Crippen molar-refractivity contribution in [3.05, 3.63) is 174 Å². The van der Waals surface area contributed by atoms with Gasteiger partial charge in [0.1, 0.15) is 0 Å². The van der Waals surface area contributed by atoms with Gasteiger partial charge >= 0.3 is 0 Å². The predicted molar refractivity (Wildman–Crippen MR) is 215 cm³/mol. The van der Waals surface area contributed by atoms with E-state index in [2.05, 4.69) is 184 Å². The van der Waals surface area contributed by atoms with Crippen molar-refractivity contribution in [2.45, 2.75) is 38.5 Å². The Morgan fingerprint density at radius 1 is 0.420 bits per heavy atom. The topological polar surface area (TPSA) is 3.24 Å². The molecular formula is C48H37NS. The zero-order chi connectivity index (χ0) is 33.8. The summed E-state index contributed by atoms with van der Waals surface area (Å²) >= 11 is 1.88.